The Morgan fingerprint density at radius 3 is 2.84 bits per heavy atom. The van der Waals surface area contributed by atoms with Crippen LogP contribution < -0.4 is 5.73 Å². The number of fused-ring (bicyclic) bond motifs is 1. The molecule has 0 bridgehead atoms. The monoisotopic (exact) mass is 271 g/mol. The Hall–Kier alpha value is -1.65. The van der Waals surface area contributed by atoms with Crippen molar-refractivity contribution in [2.45, 2.75) is 19.4 Å². The van der Waals surface area contributed by atoms with Crippen molar-refractivity contribution in [2.75, 3.05) is 6.54 Å². The van der Waals surface area contributed by atoms with Gasteiger partial charge in [0.1, 0.15) is 5.82 Å². The van der Waals surface area contributed by atoms with E-state index in [1.165, 1.54) is 11.1 Å². The van der Waals surface area contributed by atoms with Crippen LogP contribution in [0.1, 0.15) is 24.4 Å². The van der Waals surface area contributed by atoms with Gasteiger partial charge in [-0.3, -0.25) is 0 Å². The maximum absolute atomic E-state index is 6.03. The predicted octanol–water partition coefficient (Wildman–Crippen LogP) is 3.21. The highest BCUT2D eigenvalue weighted by molar-refractivity contribution is 7.07. The maximum Gasteiger partial charge on any atom is 0.110 e. The Balaban J connectivity index is 2.22. The van der Waals surface area contributed by atoms with Gasteiger partial charge in [0.25, 0.3) is 0 Å². The normalized spacial score (nSPS) is 12.9. The SMILES string of the molecule is CCc1nc2ccccc2n1C(CN)c1ccsc1. The smallest absolute Gasteiger partial charge is 0.110 e. The molecule has 3 rings (SSSR count). The van der Waals surface area contributed by atoms with E-state index in [0.717, 1.165) is 17.8 Å². The molecule has 0 saturated carbocycles. The first-order valence-corrected chi connectivity index (χ1v) is 7.47. The predicted molar refractivity (Wildman–Crippen MR) is 80.6 cm³/mol. The minimum atomic E-state index is 0.175. The van der Waals surface area contributed by atoms with E-state index in [4.69, 9.17) is 10.7 Å². The van der Waals surface area contributed by atoms with Gasteiger partial charge in [0.2, 0.25) is 0 Å². The summed E-state index contributed by atoms with van der Waals surface area (Å²) in [6, 6.07) is 10.6. The number of hydrogen-bond acceptors (Lipinski definition) is 3. The summed E-state index contributed by atoms with van der Waals surface area (Å²) >= 11 is 1.71. The number of hydrogen-bond donors (Lipinski definition) is 1. The number of thiophene rings is 1. The van der Waals surface area contributed by atoms with Gasteiger partial charge in [0, 0.05) is 13.0 Å². The summed E-state index contributed by atoms with van der Waals surface area (Å²) < 4.78 is 2.29. The molecule has 0 amide bonds. The number of nitrogens with zero attached hydrogens (tertiary/aromatic N) is 2. The Morgan fingerprint density at radius 1 is 1.32 bits per heavy atom. The van der Waals surface area contributed by atoms with Gasteiger partial charge >= 0.3 is 0 Å². The van der Waals surface area contributed by atoms with Crippen molar-refractivity contribution < 1.29 is 0 Å². The Bertz CT molecular complexity index is 670. The van der Waals surface area contributed by atoms with Crippen LogP contribution in [-0.4, -0.2) is 16.1 Å². The van der Waals surface area contributed by atoms with E-state index in [1.807, 2.05) is 6.07 Å². The standard InChI is InChI=1S/C15H17N3S/c1-2-15-17-12-5-3-4-6-13(12)18(15)14(9-16)11-7-8-19-10-11/h3-8,10,14H,2,9,16H2,1H3. The van der Waals surface area contributed by atoms with Crippen LogP contribution >= 0.6 is 11.3 Å². The lowest BCUT2D eigenvalue weighted by molar-refractivity contribution is 0.585. The fourth-order valence-electron chi connectivity index (χ4n) is 2.55. The molecule has 1 atom stereocenters. The third-order valence-corrected chi connectivity index (χ3v) is 4.15. The summed E-state index contributed by atoms with van der Waals surface area (Å²) in [6.45, 7) is 2.73. The van der Waals surface area contributed by atoms with Crippen LogP contribution in [0.3, 0.4) is 0 Å². The third kappa shape index (κ3) is 2.07. The molecule has 0 saturated heterocycles. The first kappa shape index (κ1) is 12.4. The molecule has 3 nitrogen and oxygen atoms in total. The van der Waals surface area contributed by atoms with Crippen molar-refractivity contribution in [1.82, 2.24) is 9.55 Å². The lowest BCUT2D eigenvalue weighted by Crippen LogP contribution is -2.21. The van der Waals surface area contributed by atoms with Gasteiger partial charge in [0.05, 0.1) is 17.1 Å². The molecule has 0 aliphatic heterocycles. The fourth-order valence-corrected chi connectivity index (χ4v) is 3.25. The number of benzene rings is 1. The van der Waals surface area contributed by atoms with E-state index < -0.39 is 0 Å². The third-order valence-electron chi connectivity index (χ3n) is 3.45. The molecule has 0 aliphatic carbocycles. The summed E-state index contributed by atoms with van der Waals surface area (Å²) in [4.78, 5) is 4.72. The highest BCUT2D eigenvalue weighted by Gasteiger charge is 2.18. The van der Waals surface area contributed by atoms with Gasteiger partial charge in [-0.05, 0) is 34.5 Å². The lowest BCUT2D eigenvalue weighted by atomic mass is 10.1. The van der Waals surface area contributed by atoms with Crippen LogP contribution in [0.4, 0.5) is 0 Å². The van der Waals surface area contributed by atoms with Crippen LogP contribution in [0, 0.1) is 0 Å². The quantitative estimate of drug-likeness (QED) is 0.792. The number of rotatable bonds is 4. The Kier molecular flexibility index (Phi) is 3.36. The van der Waals surface area contributed by atoms with Crippen molar-refractivity contribution in [2.24, 2.45) is 5.73 Å². The Labute approximate surface area is 116 Å². The molecule has 0 aliphatic rings. The number of nitrogens with two attached hydrogens (primary N) is 1. The summed E-state index contributed by atoms with van der Waals surface area (Å²) in [5.74, 6) is 1.10. The fraction of sp³-hybridized carbons (Fsp3) is 0.267. The lowest BCUT2D eigenvalue weighted by Gasteiger charge is -2.19. The van der Waals surface area contributed by atoms with Gasteiger partial charge in [-0.2, -0.15) is 11.3 Å². The molecule has 2 heterocycles. The zero-order chi connectivity index (χ0) is 13.2. The van der Waals surface area contributed by atoms with Crippen molar-refractivity contribution in [3.63, 3.8) is 0 Å². The van der Waals surface area contributed by atoms with E-state index in [2.05, 4.69) is 46.5 Å². The van der Waals surface area contributed by atoms with Gasteiger partial charge < -0.3 is 10.3 Å². The second kappa shape index (κ2) is 5.15. The van der Waals surface area contributed by atoms with E-state index in [0.29, 0.717) is 6.54 Å². The van der Waals surface area contributed by atoms with Gasteiger partial charge in [0.15, 0.2) is 0 Å². The van der Waals surface area contributed by atoms with E-state index in [1.54, 1.807) is 11.3 Å². The van der Waals surface area contributed by atoms with E-state index in [9.17, 15) is 0 Å². The molecule has 4 heteroatoms. The second-order valence-electron chi connectivity index (χ2n) is 4.55. The van der Waals surface area contributed by atoms with Gasteiger partial charge in [-0.15, -0.1) is 0 Å². The molecule has 98 valence electrons. The molecule has 19 heavy (non-hydrogen) atoms. The average Bonchev–Trinajstić information content (AvgIpc) is 3.08. The van der Waals surface area contributed by atoms with Crippen molar-refractivity contribution in [3.8, 4) is 0 Å². The highest BCUT2D eigenvalue weighted by Crippen LogP contribution is 2.27. The summed E-state index contributed by atoms with van der Waals surface area (Å²) in [6.07, 6.45) is 0.912. The first-order valence-electron chi connectivity index (χ1n) is 6.53. The first-order chi connectivity index (χ1) is 9.35. The molecular formula is C15H17N3S. The van der Waals surface area contributed by atoms with Crippen LogP contribution in [0.2, 0.25) is 0 Å². The summed E-state index contributed by atoms with van der Waals surface area (Å²) in [5.41, 5.74) is 9.51. The number of para-hydroxylation sites is 2. The van der Waals surface area contributed by atoms with Crippen LogP contribution in [0.5, 0.6) is 0 Å². The summed E-state index contributed by atoms with van der Waals surface area (Å²) in [5, 5.41) is 4.27. The van der Waals surface area contributed by atoms with Crippen molar-refractivity contribution >= 4 is 22.4 Å². The van der Waals surface area contributed by atoms with Crippen LogP contribution in [0.25, 0.3) is 11.0 Å². The van der Waals surface area contributed by atoms with Crippen molar-refractivity contribution in [3.05, 3.63) is 52.5 Å². The molecule has 1 aromatic carbocycles. The molecule has 2 N–H and O–H groups in total. The largest absolute Gasteiger partial charge is 0.328 e. The minimum Gasteiger partial charge on any atom is -0.328 e. The van der Waals surface area contributed by atoms with Crippen LogP contribution in [-0.2, 0) is 6.42 Å². The molecule has 2 aromatic heterocycles. The summed E-state index contributed by atoms with van der Waals surface area (Å²) in [7, 11) is 0. The molecule has 1 unspecified atom stereocenters. The molecule has 0 spiro atoms. The maximum atomic E-state index is 6.03. The number of imidazole rings is 1. The van der Waals surface area contributed by atoms with E-state index >= 15 is 0 Å². The van der Waals surface area contributed by atoms with Crippen molar-refractivity contribution in [1.29, 1.82) is 0 Å². The number of aromatic nitrogens is 2. The highest BCUT2D eigenvalue weighted by atomic mass is 32.1. The average molecular weight is 271 g/mol. The van der Waals surface area contributed by atoms with Gasteiger partial charge in [-0.1, -0.05) is 19.1 Å². The van der Waals surface area contributed by atoms with Crippen LogP contribution in [0.15, 0.2) is 41.1 Å². The molecule has 3 aromatic rings. The second-order valence-corrected chi connectivity index (χ2v) is 5.33. The van der Waals surface area contributed by atoms with E-state index in [-0.39, 0.29) is 6.04 Å². The number of aryl methyl sites for hydroxylation is 1. The topological polar surface area (TPSA) is 43.8 Å². The Morgan fingerprint density at radius 2 is 2.16 bits per heavy atom. The van der Waals surface area contributed by atoms with Gasteiger partial charge in [-0.25, -0.2) is 4.98 Å². The minimum absolute atomic E-state index is 0.175. The zero-order valence-electron chi connectivity index (χ0n) is 10.9. The molecule has 0 radical (unpaired) electrons. The molecular weight excluding hydrogens is 254 g/mol. The zero-order valence-corrected chi connectivity index (χ0v) is 11.7. The molecule has 0 fully saturated rings.